The summed E-state index contributed by atoms with van der Waals surface area (Å²) in [4.78, 5) is 12.8. The van der Waals surface area contributed by atoms with Gasteiger partial charge in [-0.3, -0.25) is 0 Å². The number of halogens is 7. The van der Waals surface area contributed by atoms with Crippen LogP contribution in [0.5, 0.6) is 5.75 Å². The number of hydrogen-bond acceptors (Lipinski definition) is 5. The van der Waals surface area contributed by atoms with Crippen LogP contribution in [0.15, 0.2) is 47.3 Å². The fourth-order valence-corrected chi connectivity index (χ4v) is 3.33. The molecule has 0 N–H and O–H groups in total. The molecule has 2 heterocycles. The van der Waals surface area contributed by atoms with Crippen molar-refractivity contribution in [2.24, 2.45) is 0 Å². The second-order valence-corrected chi connectivity index (χ2v) is 7.58. The van der Waals surface area contributed by atoms with Gasteiger partial charge in [0.2, 0.25) is 0 Å². The lowest BCUT2D eigenvalue weighted by Crippen LogP contribution is -2.41. The number of epoxide rings is 1. The second-order valence-electron chi connectivity index (χ2n) is 7.58. The Morgan fingerprint density at radius 1 is 1.09 bits per heavy atom. The van der Waals surface area contributed by atoms with E-state index in [1.807, 2.05) is 0 Å². The Morgan fingerprint density at radius 2 is 1.74 bits per heavy atom. The first kappa shape index (κ1) is 23.7. The standard InChI is InChI=1S/C20H15F7N4O3/c1-11(18(9-34-18)15-7-2-12(21)8-16(15)22)30-17(32)31(29-28-30)13-3-5-14(6-4-13)33-10-19(23,24)20(25,26)27/h2-8,11H,9-10H2,1H3/t11-,18+/m1/s1. The zero-order chi connectivity index (χ0) is 24.9. The van der Waals surface area contributed by atoms with Crippen molar-refractivity contribution in [3.63, 3.8) is 0 Å². The molecular formula is C20H15F7N4O3. The van der Waals surface area contributed by atoms with E-state index in [2.05, 4.69) is 15.2 Å². The third kappa shape index (κ3) is 4.13. The number of benzene rings is 2. The van der Waals surface area contributed by atoms with Crippen LogP contribution >= 0.6 is 0 Å². The van der Waals surface area contributed by atoms with Crippen LogP contribution < -0.4 is 10.4 Å². The Bertz CT molecular complexity index is 1250. The van der Waals surface area contributed by atoms with Crippen LogP contribution in [0.3, 0.4) is 0 Å². The highest BCUT2D eigenvalue weighted by Crippen LogP contribution is 2.48. The van der Waals surface area contributed by atoms with E-state index in [1.165, 1.54) is 25.1 Å². The number of nitrogens with zero attached hydrogens (tertiary/aromatic N) is 4. The Labute approximate surface area is 186 Å². The molecule has 2 aromatic carbocycles. The van der Waals surface area contributed by atoms with Gasteiger partial charge >= 0.3 is 17.8 Å². The van der Waals surface area contributed by atoms with Gasteiger partial charge in [0.15, 0.2) is 6.61 Å². The van der Waals surface area contributed by atoms with Crippen molar-refractivity contribution in [2.45, 2.75) is 30.7 Å². The van der Waals surface area contributed by atoms with Crippen molar-refractivity contribution in [3.05, 3.63) is 70.1 Å². The average molecular weight is 492 g/mol. The van der Waals surface area contributed by atoms with Gasteiger partial charge < -0.3 is 9.47 Å². The molecule has 4 rings (SSSR count). The van der Waals surface area contributed by atoms with E-state index in [4.69, 9.17) is 4.74 Å². The maximum atomic E-state index is 14.3. The summed E-state index contributed by atoms with van der Waals surface area (Å²) in [6, 6.07) is 6.68. The van der Waals surface area contributed by atoms with Crippen LogP contribution in [-0.4, -0.2) is 45.1 Å². The summed E-state index contributed by atoms with van der Waals surface area (Å²) in [6.07, 6.45) is -5.76. The lowest BCUT2D eigenvalue weighted by atomic mass is 9.92. The Morgan fingerprint density at radius 3 is 2.29 bits per heavy atom. The minimum absolute atomic E-state index is 0.0417. The van der Waals surface area contributed by atoms with Crippen LogP contribution in [0.1, 0.15) is 18.5 Å². The summed E-state index contributed by atoms with van der Waals surface area (Å²) >= 11 is 0. The zero-order valence-electron chi connectivity index (χ0n) is 17.2. The summed E-state index contributed by atoms with van der Waals surface area (Å²) in [5, 5.41) is 7.50. The molecule has 1 aliphatic heterocycles. The molecule has 0 saturated carbocycles. The van der Waals surface area contributed by atoms with Gasteiger partial charge in [-0.05, 0) is 47.7 Å². The largest absolute Gasteiger partial charge is 0.487 e. The molecule has 0 radical (unpaired) electrons. The summed E-state index contributed by atoms with van der Waals surface area (Å²) in [5.74, 6) is -6.95. The summed E-state index contributed by atoms with van der Waals surface area (Å²) in [7, 11) is 0. The molecule has 1 aliphatic rings. The number of hydrogen-bond donors (Lipinski definition) is 0. The molecule has 0 spiro atoms. The summed E-state index contributed by atoms with van der Waals surface area (Å²) < 4.78 is 102. The first-order chi connectivity index (χ1) is 15.9. The van der Waals surface area contributed by atoms with Crippen LogP contribution in [0.4, 0.5) is 30.7 Å². The monoisotopic (exact) mass is 492 g/mol. The highest BCUT2D eigenvalue weighted by atomic mass is 19.4. The molecule has 3 aromatic rings. The van der Waals surface area contributed by atoms with Gasteiger partial charge in [0.05, 0.1) is 18.3 Å². The van der Waals surface area contributed by atoms with Gasteiger partial charge in [-0.2, -0.15) is 31.3 Å². The van der Waals surface area contributed by atoms with E-state index in [1.54, 1.807) is 0 Å². The molecule has 1 saturated heterocycles. The zero-order valence-corrected chi connectivity index (χ0v) is 17.2. The van der Waals surface area contributed by atoms with Crippen LogP contribution in [0.2, 0.25) is 0 Å². The van der Waals surface area contributed by atoms with Gasteiger partial charge in [-0.15, -0.1) is 0 Å². The Kier molecular flexibility index (Phi) is 5.66. The molecule has 1 fully saturated rings. The van der Waals surface area contributed by atoms with Crippen molar-refractivity contribution in [1.82, 2.24) is 19.8 Å². The number of alkyl halides is 5. The molecule has 0 unspecified atom stereocenters. The van der Waals surface area contributed by atoms with Crippen LogP contribution in [0.25, 0.3) is 5.69 Å². The molecule has 14 heteroatoms. The van der Waals surface area contributed by atoms with Gasteiger partial charge in [-0.1, -0.05) is 6.07 Å². The predicted molar refractivity (Wildman–Crippen MR) is 101 cm³/mol. The molecule has 1 aromatic heterocycles. The molecular weight excluding hydrogens is 477 g/mol. The third-order valence-corrected chi connectivity index (χ3v) is 5.40. The third-order valence-electron chi connectivity index (χ3n) is 5.40. The van der Waals surface area contributed by atoms with Crippen LogP contribution in [0, 0.1) is 11.6 Å². The maximum Gasteiger partial charge on any atom is 0.456 e. The first-order valence-corrected chi connectivity index (χ1v) is 9.67. The topological polar surface area (TPSA) is 74.5 Å². The van der Waals surface area contributed by atoms with Crippen molar-refractivity contribution in [1.29, 1.82) is 0 Å². The Balaban J connectivity index is 1.53. The molecule has 0 bridgehead atoms. The van der Waals surface area contributed by atoms with Crippen LogP contribution in [-0.2, 0) is 10.3 Å². The molecule has 7 nitrogen and oxygen atoms in total. The van der Waals surface area contributed by atoms with E-state index in [0.717, 1.165) is 27.6 Å². The van der Waals surface area contributed by atoms with Gasteiger partial charge in [0.25, 0.3) is 0 Å². The normalized spacial score (nSPS) is 19.2. The highest BCUT2D eigenvalue weighted by Gasteiger charge is 2.58. The van der Waals surface area contributed by atoms with E-state index in [9.17, 15) is 35.5 Å². The minimum Gasteiger partial charge on any atom is -0.487 e. The number of tetrazole rings is 1. The maximum absolute atomic E-state index is 14.3. The molecule has 0 amide bonds. The van der Waals surface area contributed by atoms with E-state index in [0.29, 0.717) is 6.07 Å². The molecule has 0 aliphatic carbocycles. The van der Waals surface area contributed by atoms with Crippen molar-refractivity contribution in [3.8, 4) is 11.4 Å². The highest BCUT2D eigenvalue weighted by molar-refractivity contribution is 5.36. The molecule has 34 heavy (non-hydrogen) atoms. The average Bonchev–Trinajstić information content (AvgIpc) is 3.47. The number of aromatic nitrogens is 4. The Hall–Kier alpha value is -3.42. The van der Waals surface area contributed by atoms with Crippen molar-refractivity contribution < 1.29 is 40.2 Å². The second kappa shape index (κ2) is 8.11. The quantitative estimate of drug-likeness (QED) is 0.371. The smallest absolute Gasteiger partial charge is 0.456 e. The van der Waals surface area contributed by atoms with Crippen molar-refractivity contribution in [2.75, 3.05) is 13.2 Å². The number of rotatable bonds is 7. The van der Waals surface area contributed by atoms with Gasteiger partial charge in [0.1, 0.15) is 23.0 Å². The van der Waals surface area contributed by atoms with Crippen molar-refractivity contribution >= 4 is 0 Å². The lowest BCUT2D eigenvalue weighted by molar-refractivity contribution is -0.290. The predicted octanol–water partition coefficient (Wildman–Crippen LogP) is 3.77. The van der Waals surface area contributed by atoms with E-state index < -0.39 is 47.7 Å². The SMILES string of the molecule is C[C@@H](n1nnn(-c2ccc(OCC(F)(F)C(F)(F)F)cc2)c1=O)[C@]1(c2ccc(F)cc2F)CO1. The lowest BCUT2D eigenvalue weighted by Gasteiger charge is -2.20. The molecule has 2 atom stereocenters. The summed E-state index contributed by atoms with van der Waals surface area (Å²) in [5.41, 5.74) is -1.87. The fourth-order valence-electron chi connectivity index (χ4n) is 3.33. The van der Waals surface area contributed by atoms with Gasteiger partial charge in [0, 0.05) is 11.6 Å². The van der Waals surface area contributed by atoms with E-state index >= 15 is 0 Å². The number of ether oxygens (including phenoxy) is 2. The summed E-state index contributed by atoms with van der Waals surface area (Å²) in [6.45, 7) is -0.329. The fraction of sp³-hybridized carbons (Fsp3) is 0.350. The van der Waals surface area contributed by atoms with E-state index in [-0.39, 0.29) is 23.6 Å². The van der Waals surface area contributed by atoms with Gasteiger partial charge in [-0.25, -0.2) is 13.6 Å². The first-order valence-electron chi connectivity index (χ1n) is 9.67. The minimum atomic E-state index is -5.76. The molecule has 182 valence electrons.